The van der Waals surface area contributed by atoms with Crippen molar-refractivity contribution in [3.05, 3.63) is 36.5 Å². The van der Waals surface area contributed by atoms with Gasteiger partial charge in [0.15, 0.2) is 0 Å². The molecule has 0 saturated carbocycles. The van der Waals surface area contributed by atoms with Crippen LogP contribution in [0.3, 0.4) is 0 Å². The van der Waals surface area contributed by atoms with Crippen molar-refractivity contribution in [3.8, 4) is 0 Å². The molecule has 4 nitrogen and oxygen atoms in total. The Morgan fingerprint density at radius 2 is 0.804 bits per heavy atom. The molecule has 4 heteroatoms. The monoisotopic (exact) mass is 716 g/mol. The Kier molecular flexibility index (Phi) is 41.8. The van der Waals surface area contributed by atoms with Crippen molar-refractivity contribution in [1.29, 1.82) is 0 Å². The average Bonchev–Trinajstić information content (AvgIpc) is 3.13. The fourth-order valence-electron chi connectivity index (χ4n) is 6.86. The number of hydrogen-bond donors (Lipinski definition) is 3. The van der Waals surface area contributed by atoms with E-state index in [4.69, 9.17) is 0 Å². The second-order valence-electron chi connectivity index (χ2n) is 15.5. The van der Waals surface area contributed by atoms with E-state index in [0.717, 1.165) is 32.1 Å². The molecular weight excluding hydrogens is 627 g/mol. The van der Waals surface area contributed by atoms with Crippen molar-refractivity contribution in [3.63, 3.8) is 0 Å². The summed E-state index contributed by atoms with van der Waals surface area (Å²) in [6, 6.07) is -0.622. The van der Waals surface area contributed by atoms with Gasteiger partial charge in [-0.15, -0.1) is 0 Å². The summed E-state index contributed by atoms with van der Waals surface area (Å²) in [4.78, 5) is 12.4. The fourth-order valence-corrected chi connectivity index (χ4v) is 6.86. The number of carbonyl (C=O) groups is 1. The van der Waals surface area contributed by atoms with Crippen LogP contribution in [0.15, 0.2) is 36.5 Å². The van der Waals surface area contributed by atoms with Crippen LogP contribution < -0.4 is 5.32 Å². The summed E-state index contributed by atoms with van der Waals surface area (Å²) in [5.74, 6) is -0.0655. The number of amides is 1. The van der Waals surface area contributed by atoms with Crippen molar-refractivity contribution in [2.75, 3.05) is 6.61 Å². The van der Waals surface area contributed by atoms with Gasteiger partial charge in [0, 0.05) is 6.42 Å². The first kappa shape index (κ1) is 49.6. The van der Waals surface area contributed by atoms with Crippen LogP contribution in [-0.2, 0) is 4.79 Å². The van der Waals surface area contributed by atoms with Crippen LogP contribution in [-0.4, -0.2) is 34.9 Å². The second kappa shape index (κ2) is 43.0. The number of nitrogens with one attached hydrogen (secondary N) is 1. The molecule has 0 aliphatic heterocycles. The van der Waals surface area contributed by atoms with Gasteiger partial charge in [-0.1, -0.05) is 217 Å². The molecule has 0 aromatic heterocycles. The topological polar surface area (TPSA) is 69.6 Å². The Labute approximate surface area is 319 Å². The lowest BCUT2D eigenvalue weighted by atomic mass is 10.0. The summed E-state index contributed by atoms with van der Waals surface area (Å²) in [5, 5.41) is 23.0. The molecule has 0 aliphatic rings. The molecule has 0 aromatic carbocycles. The fraction of sp³-hybridized carbons (Fsp3) is 0.851. The minimum absolute atomic E-state index is 0.0655. The first-order valence-electron chi connectivity index (χ1n) is 22.7. The third-order valence-electron chi connectivity index (χ3n) is 10.4. The smallest absolute Gasteiger partial charge is 0.220 e. The number of hydrogen-bond acceptors (Lipinski definition) is 3. The van der Waals surface area contributed by atoms with Gasteiger partial charge in [0.2, 0.25) is 5.91 Å². The predicted octanol–water partition coefficient (Wildman–Crippen LogP) is 14.2. The lowest BCUT2D eigenvalue weighted by Crippen LogP contribution is -2.45. The van der Waals surface area contributed by atoms with Gasteiger partial charge in [-0.05, 0) is 51.4 Å². The standard InChI is InChI=1S/C47H89NO3/c1-3-5-7-9-11-13-15-17-19-21-22-23-24-25-26-27-29-31-33-35-37-39-41-43-47(51)48-45(44-49)46(50)42-40-38-36-34-32-30-28-20-18-16-14-12-10-8-6-4-2/h15,17,21-22,40,42,45-46,49-50H,3-14,16,18-20,23-39,41,43-44H2,1-2H3,(H,48,51)/b17-15-,22-21-,42-40+. The Hall–Kier alpha value is -1.39. The molecule has 3 N–H and O–H groups in total. The van der Waals surface area contributed by atoms with Gasteiger partial charge in [-0.3, -0.25) is 4.79 Å². The summed E-state index contributed by atoms with van der Waals surface area (Å²) in [6.07, 6.45) is 56.8. The number of aliphatic hydroxyl groups excluding tert-OH is 2. The van der Waals surface area contributed by atoms with Crippen molar-refractivity contribution >= 4 is 5.91 Å². The number of unbranched alkanes of at least 4 members (excludes halogenated alkanes) is 30. The predicted molar refractivity (Wildman–Crippen MR) is 225 cm³/mol. The summed E-state index contributed by atoms with van der Waals surface area (Å²) < 4.78 is 0. The van der Waals surface area contributed by atoms with Gasteiger partial charge in [0.05, 0.1) is 18.8 Å². The van der Waals surface area contributed by atoms with Gasteiger partial charge in [-0.25, -0.2) is 0 Å². The quantitative estimate of drug-likeness (QED) is 0.0436. The van der Waals surface area contributed by atoms with Gasteiger partial charge < -0.3 is 15.5 Å². The number of allylic oxidation sites excluding steroid dienone is 5. The lowest BCUT2D eigenvalue weighted by Gasteiger charge is -2.20. The number of rotatable bonds is 41. The largest absolute Gasteiger partial charge is 0.394 e. The van der Waals surface area contributed by atoms with Gasteiger partial charge in [0.1, 0.15) is 0 Å². The summed E-state index contributed by atoms with van der Waals surface area (Å²) in [6.45, 7) is 4.31. The van der Waals surface area contributed by atoms with Crippen LogP contribution in [0, 0.1) is 0 Å². The van der Waals surface area contributed by atoms with E-state index < -0.39 is 12.1 Å². The maximum absolute atomic E-state index is 12.4. The van der Waals surface area contributed by atoms with E-state index >= 15 is 0 Å². The minimum Gasteiger partial charge on any atom is -0.394 e. The molecule has 300 valence electrons. The highest BCUT2D eigenvalue weighted by Gasteiger charge is 2.17. The summed E-state index contributed by atoms with van der Waals surface area (Å²) in [7, 11) is 0. The first-order valence-corrected chi connectivity index (χ1v) is 22.7. The highest BCUT2D eigenvalue weighted by molar-refractivity contribution is 5.76. The molecule has 0 heterocycles. The van der Waals surface area contributed by atoms with Gasteiger partial charge in [0.25, 0.3) is 0 Å². The maximum atomic E-state index is 12.4. The summed E-state index contributed by atoms with van der Waals surface area (Å²) >= 11 is 0. The highest BCUT2D eigenvalue weighted by Crippen LogP contribution is 2.15. The molecule has 51 heavy (non-hydrogen) atoms. The van der Waals surface area contributed by atoms with Gasteiger partial charge >= 0.3 is 0 Å². The van der Waals surface area contributed by atoms with Crippen LogP contribution in [0.2, 0.25) is 0 Å². The van der Waals surface area contributed by atoms with E-state index in [0.29, 0.717) is 6.42 Å². The van der Waals surface area contributed by atoms with E-state index in [1.165, 1.54) is 186 Å². The van der Waals surface area contributed by atoms with Crippen molar-refractivity contribution in [2.45, 2.75) is 251 Å². The second-order valence-corrected chi connectivity index (χ2v) is 15.5. The molecular formula is C47H89NO3. The van der Waals surface area contributed by atoms with E-state index in [2.05, 4.69) is 43.5 Å². The van der Waals surface area contributed by atoms with Crippen LogP contribution in [0.4, 0.5) is 0 Å². The molecule has 0 fully saturated rings. The third kappa shape index (κ3) is 39.6. The SMILES string of the molecule is CCCCCCC/C=C\C/C=C\CCCCCCCCCCCCCC(=O)NC(CO)C(O)/C=C/CCCCCCCCCCCCCCCC. The van der Waals surface area contributed by atoms with Crippen molar-refractivity contribution in [2.24, 2.45) is 0 Å². The van der Waals surface area contributed by atoms with E-state index in [9.17, 15) is 15.0 Å². The summed E-state index contributed by atoms with van der Waals surface area (Å²) in [5.41, 5.74) is 0. The molecule has 1 amide bonds. The van der Waals surface area contributed by atoms with E-state index in [1.54, 1.807) is 6.08 Å². The number of aliphatic hydroxyl groups is 2. The Morgan fingerprint density at radius 1 is 0.471 bits per heavy atom. The van der Waals surface area contributed by atoms with Crippen LogP contribution in [0.5, 0.6) is 0 Å². The van der Waals surface area contributed by atoms with E-state index in [1.807, 2.05) is 6.08 Å². The Bertz CT molecular complexity index is 775. The van der Waals surface area contributed by atoms with Crippen LogP contribution >= 0.6 is 0 Å². The minimum atomic E-state index is -0.838. The molecule has 0 saturated heterocycles. The normalized spacial score (nSPS) is 13.3. The Morgan fingerprint density at radius 3 is 1.18 bits per heavy atom. The van der Waals surface area contributed by atoms with Crippen LogP contribution in [0.25, 0.3) is 0 Å². The average molecular weight is 716 g/mol. The van der Waals surface area contributed by atoms with E-state index in [-0.39, 0.29) is 12.5 Å². The highest BCUT2D eigenvalue weighted by atomic mass is 16.3. The number of carbonyl (C=O) groups excluding carboxylic acids is 1. The molecule has 0 aromatic rings. The molecule has 0 radical (unpaired) electrons. The van der Waals surface area contributed by atoms with Crippen molar-refractivity contribution < 1.29 is 15.0 Å². The van der Waals surface area contributed by atoms with Crippen molar-refractivity contribution in [1.82, 2.24) is 5.32 Å². The zero-order chi connectivity index (χ0) is 37.1. The molecule has 2 atom stereocenters. The Balaban J connectivity index is 3.55. The van der Waals surface area contributed by atoms with Gasteiger partial charge in [-0.2, -0.15) is 0 Å². The molecule has 0 bridgehead atoms. The maximum Gasteiger partial charge on any atom is 0.220 e. The third-order valence-corrected chi connectivity index (χ3v) is 10.4. The zero-order valence-electron chi connectivity index (χ0n) is 34.4. The molecule has 0 rings (SSSR count). The zero-order valence-corrected chi connectivity index (χ0v) is 34.4. The van der Waals surface area contributed by atoms with Crippen LogP contribution in [0.1, 0.15) is 239 Å². The molecule has 2 unspecified atom stereocenters. The molecule has 0 aliphatic carbocycles. The molecule has 0 spiro atoms. The lowest BCUT2D eigenvalue weighted by molar-refractivity contribution is -0.123. The first-order chi connectivity index (χ1) is 25.2.